The number of nitrogens with one attached hydrogen (secondary N) is 1. The zero-order valence-corrected chi connectivity index (χ0v) is 15.4. The molecule has 24 heavy (non-hydrogen) atoms. The highest BCUT2D eigenvalue weighted by Crippen LogP contribution is 2.32. The van der Waals surface area contributed by atoms with Gasteiger partial charge in [0.1, 0.15) is 12.4 Å². The summed E-state index contributed by atoms with van der Waals surface area (Å²) in [4.78, 5) is 0. The number of ether oxygens (including phenoxy) is 2. The summed E-state index contributed by atoms with van der Waals surface area (Å²) >= 11 is 0. The van der Waals surface area contributed by atoms with E-state index in [2.05, 4.69) is 26.1 Å². The molecule has 0 aliphatic rings. The molecule has 2 aromatic carbocycles. The molecule has 1 N–H and O–H groups in total. The van der Waals surface area contributed by atoms with Gasteiger partial charge in [-0.25, -0.2) is 4.39 Å². The predicted molar refractivity (Wildman–Crippen MR) is 97.6 cm³/mol. The van der Waals surface area contributed by atoms with Crippen molar-refractivity contribution >= 4 is 12.4 Å². The summed E-state index contributed by atoms with van der Waals surface area (Å²) in [5.41, 5.74) is 1.95. The molecule has 5 heteroatoms. The smallest absolute Gasteiger partial charge is 0.166 e. The second-order valence-electron chi connectivity index (χ2n) is 6.47. The van der Waals surface area contributed by atoms with Gasteiger partial charge in [0.15, 0.2) is 11.5 Å². The second kappa shape index (κ2) is 8.90. The van der Waals surface area contributed by atoms with E-state index in [4.69, 9.17) is 9.47 Å². The molecular weight excluding hydrogens is 329 g/mol. The van der Waals surface area contributed by atoms with Crippen LogP contribution >= 0.6 is 12.4 Å². The molecule has 2 rings (SSSR count). The van der Waals surface area contributed by atoms with Crippen LogP contribution in [0.2, 0.25) is 0 Å². The van der Waals surface area contributed by atoms with E-state index in [1.54, 1.807) is 19.2 Å². The lowest BCUT2D eigenvalue weighted by atomic mass is 10.1. The highest BCUT2D eigenvalue weighted by Gasteiger charge is 2.14. The molecule has 0 amide bonds. The Morgan fingerprint density at radius 2 is 1.71 bits per heavy atom. The largest absolute Gasteiger partial charge is 0.493 e. The zero-order chi connectivity index (χ0) is 16.9. The van der Waals surface area contributed by atoms with Crippen molar-refractivity contribution in [1.82, 2.24) is 5.32 Å². The van der Waals surface area contributed by atoms with Crippen molar-refractivity contribution in [3.05, 3.63) is 59.4 Å². The van der Waals surface area contributed by atoms with Gasteiger partial charge in [-0.3, -0.25) is 0 Å². The fourth-order valence-corrected chi connectivity index (χ4v) is 2.12. The Kier molecular flexibility index (Phi) is 7.52. The second-order valence-corrected chi connectivity index (χ2v) is 6.47. The standard InChI is InChI=1S/C19H24FNO2.ClH/c1-19(2,3)21-12-15-6-5-7-17(22-4)18(15)23-13-14-8-10-16(20)11-9-14;/h5-11,21H,12-13H2,1-4H3;1H. The first-order valence-corrected chi connectivity index (χ1v) is 7.67. The number of hydrogen-bond acceptors (Lipinski definition) is 3. The van der Waals surface area contributed by atoms with Crippen molar-refractivity contribution in [2.24, 2.45) is 0 Å². The van der Waals surface area contributed by atoms with Gasteiger partial charge < -0.3 is 14.8 Å². The van der Waals surface area contributed by atoms with Crippen molar-refractivity contribution in [2.45, 2.75) is 39.5 Å². The molecule has 0 heterocycles. The summed E-state index contributed by atoms with van der Waals surface area (Å²) in [5, 5.41) is 3.45. The van der Waals surface area contributed by atoms with Gasteiger partial charge in [-0.05, 0) is 44.5 Å². The lowest BCUT2D eigenvalue weighted by molar-refractivity contribution is 0.279. The Morgan fingerprint density at radius 3 is 2.29 bits per heavy atom. The highest BCUT2D eigenvalue weighted by molar-refractivity contribution is 5.85. The maximum atomic E-state index is 13.0. The minimum absolute atomic E-state index is 0. The van der Waals surface area contributed by atoms with E-state index in [1.807, 2.05) is 18.2 Å². The fourth-order valence-electron chi connectivity index (χ4n) is 2.12. The van der Waals surface area contributed by atoms with Crippen LogP contribution in [-0.2, 0) is 13.2 Å². The summed E-state index contributed by atoms with van der Waals surface area (Å²) < 4.78 is 24.4. The summed E-state index contributed by atoms with van der Waals surface area (Å²) in [7, 11) is 1.63. The van der Waals surface area contributed by atoms with Crippen LogP contribution in [0.1, 0.15) is 31.9 Å². The van der Waals surface area contributed by atoms with E-state index in [0.29, 0.717) is 18.9 Å². The maximum Gasteiger partial charge on any atom is 0.166 e. The van der Waals surface area contributed by atoms with Gasteiger partial charge in [-0.1, -0.05) is 24.3 Å². The van der Waals surface area contributed by atoms with Gasteiger partial charge in [0, 0.05) is 17.6 Å². The van der Waals surface area contributed by atoms with Crippen LogP contribution in [0.5, 0.6) is 11.5 Å². The van der Waals surface area contributed by atoms with Crippen LogP contribution in [0, 0.1) is 5.82 Å². The summed E-state index contributed by atoms with van der Waals surface area (Å²) in [6, 6.07) is 12.1. The first-order chi connectivity index (χ1) is 10.9. The van der Waals surface area contributed by atoms with Crippen molar-refractivity contribution in [3.63, 3.8) is 0 Å². The van der Waals surface area contributed by atoms with Gasteiger partial charge in [-0.2, -0.15) is 0 Å². The number of hydrogen-bond donors (Lipinski definition) is 1. The SMILES string of the molecule is COc1cccc(CNC(C)(C)C)c1OCc1ccc(F)cc1.Cl. The van der Waals surface area contributed by atoms with E-state index in [9.17, 15) is 4.39 Å². The quantitative estimate of drug-likeness (QED) is 0.814. The van der Waals surface area contributed by atoms with E-state index in [1.165, 1.54) is 12.1 Å². The van der Waals surface area contributed by atoms with Crippen molar-refractivity contribution < 1.29 is 13.9 Å². The van der Waals surface area contributed by atoms with Crippen molar-refractivity contribution in [1.29, 1.82) is 0 Å². The molecule has 0 aliphatic carbocycles. The highest BCUT2D eigenvalue weighted by atomic mass is 35.5. The number of rotatable bonds is 6. The van der Waals surface area contributed by atoms with E-state index in [0.717, 1.165) is 16.9 Å². The molecule has 0 atom stereocenters. The van der Waals surface area contributed by atoms with Crippen LogP contribution < -0.4 is 14.8 Å². The molecule has 3 nitrogen and oxygen atoms in total. The summed E-state index contributed by atoms with van der Waals surface area (Å²) in [6.45, 7) is 7.40. The Hall–Kier alpha value is -1.78. The zero-order valence-electron chi connectivity index (χ0n) is 14.6. The average Bonchev–Trinajstić information content (AvgIpc) is 2.51. The fraction of sp³-hybridized carbons (Fsp3) is 0.368. The number of methoxy groups -OCH3 is 1. The predicted octanol–water partition coefficient (Wildman–Crippen LogP) is 4.72. The molecule has 0 bridgehead atoms. The lowest BCUT2D eigenvalue weighted by Gasteiger charge is -2.22. The van der Waals surface area contributed by atoms with Crippen LogP contribution in [-0.4, -0.2) is 12.6 Å². The molecule has 0 saturated heterocycles. The monoisotopic (exact) mass is 353 g/mol. The van der Waals surface area contributed by atoms with Crippen LogP contribution in [0.15, 0.2) is 42.5 Å². The van der Waals surface area contributed by atoms with Gasteiger partial charge in [0.05, 0.1) is 7.11 Å². The lowest BCUT2D eigenvalue weighted by Crippen LogP contribution is -2.35. The minimum atomic E-state index is -0.249. The van der Waals surface area contributed by atoms with E-state index >= 15 is 0 Å². The van der Waals surface area contributed by atoms with Crippen molar-refractivity contribution in [3.8, 4) is 11.5 Å². The third kappa shape index (κ3) is 6.02. The molecule has 0 fully saturated rings. The first-order valence-electron chi connectivity index (χ1n) is 7.67. The Labute approximate surface area is 149 Å². The van der Waals surface area contributed by atoms with Crippen LogP contribution in [0.4, 0.5) is 4.39 Å². The number of para-hydroxylation sites is 1. The van der Waals surface area contributed by atoms with Crippen LogP contribution in [0.3, 0.4) is 0 Å². The summed E-state index contributed by atoms with van der Waals surface area (Å²) in [6.07, 6.45) is 0. The Morgan fingerprint density at radius 1 is 1.04 bits per heavy atom. The molecule has 0 unspecified atom stereocenters. The molecule has 0 aliphatic heterocycles. The van der Waals surface area contributed by atoms with Gasteiger partial charge in [-0.15, -0.1) is 12.4 Å². The molecule has 2 aromatic rings. The summed E-state index contributed by atoms with van der Waals surface area (Å²) in [5.74, 6) is 1.16. The number of halogens is 2. The first kappa shape index (κ1) is 20.3. The Balaban J connectivity index is 0.00000288. The topological polar surface area (TPSA) is 30.5 Å². The van der Waals surface area contributed by atoms with Crippen molar-refractivity contribution in [2.75, 3.05) is 7.11 Å². The van der Waals surface area contributed by atoms with Gasteiger partial charge in [0.2, 0.25) is 0 Å². The molecule has 132 valence electrons. The maximum absolute atomic E-state index is 13.0. The average molecular weight is 354 g/mol. The molecule has 0 radical (unpaired) electrons. The van der Waals surface area contributed by atoms with E-state index < -0.39 is 0 Å². The van der Waals surface area contributed by atoms with Gasteiger partial charge in [0.25, 0.3) is 0 Å². The normalized spacial score (nSPS) is 10.9. The third-order valence-electron chi connectivity index (χ3n) is 3.39. The Bertz CT molecular complexity index is 639. The molecule has 0 spiro atoms. The van der Waals surface area contributed by atoms with E-state index in [-0.39, 0.29) is 23.8 Å². The number of benzene rings is 2. The molecular formula is C19H25ClFNO2. The molecule has 0 aromatic heterocycles. The minimum Gasteiger partial charge on any atom is -0.493 e. The molecule has 0 saturated carbocycles. The van der Waals surface area contributed by atoms with Gasteiger partial charge >= 0.3 is 0 Å². The third-order valence-corrected chi connectivity index (χ3v) is 3.39. The van der Waals surface area contributed by atoms with Crippen LogP contribution in [0.25, 0.3) is 0 Å².